The molecule has 2 aliphatic heterocycles. The number of hydrogen-bond acceptors (Lipinski definition) is 8. The van der Waals surface area contributed by atoms with E-state index in [9.17, 15) is 14.7 Å². The number of fused-ring (bicyclic) bond motifs is 1. The van der Waals surface area contributed by atoms with Crippen LogP contribution in [0.5, 0.6) is 0 Å². The van der Waals surface area contributed by atoms with Gasteiger partial charge in [-0.25, -0.2) is 15.2 Å². The zero-order chi connectivity index (χ0) is 26.0. The first kappa shape index (κ1) is 24.8. The average molecular weight is 520 g/mol. The summed E-state index contributed by atoms with van der Waals surface area (Å²) in [6.45, 7) is 5.02. The number of rotatable bonds is 6. The van der Waals surface area contributed by atoms with Crippen LogP contribution in [0.25, 0.3) is 21.5 Å². The van der Waals surface area contributed by atoms with E-state index in [1.165, 1.54) is 16.5 Å². The van der Waals surface area contributed by atoms with Crippen molar-refractivity contribution in [2.75, 3.05) is 19.6 Å². The summed E-state index contributed by atoms with van der Waals surface area (Å²) in [4.78, 5) is 34.7. The van der Waals surface area contributed by atoms with Crippen molar-refractivity contribution in [3.8, 4) is 11.3 Å². The van der Waals surface area contributed by atoms with Gasteiger partial charge in [0.1, 0.15) is 5.54 Å². The molecule has 37 heavy (non-hydrogen) atoms. The molecular weight excluding hydrogens is 490 g/mol. The molecule has 5 rings (SSSR count). The Balaban J connectivity index is 1.78. The smallest absolute Gasteiger partial charge is 0.334 e. The second-order valence-corrected chi connectivity index (χ2v) is 10.3. The van der Waals surface area contributed by atoms with Gasteiger partial charge in [0.2, 0.25) is 0 Å². The van der Waals surface area contributed by atoms with E-state index in [1.54, 1.807) is 30.9 Å². The molecule has 11 heteroatoms. The molecule has 0 radical (unpaired) electrons. The summed E-state index contributed by atoms with van der Waals surface area (Å²) in [5.74, 6) is -1.39. The van der Waals surface area contributed by atoms with Crippen LogP contribution >= 0.6 is 11.3 Å². The third-order valence-electron chi connectivity index (χ3n) is 7.31. The first-order valence-corrected chi connectivity index (χ1v) is 13.1. The number of thiazole rings is 1. The summed E-state index contributed by atoms with van der Waals surface area (Å²) in [6.07, 6.45) is 7.48. The number of carbonyl (C=O) groups is 2. The first-order chi connectivity index (χ1) is 17.9. The number of piperidine rings is 1. The Bertz CT molecular complexity index is 1380. The number of carbonyl (C=O) groups excluding carboxylic acids is 1. The molecule has 3 aromatic rings. The quantitative estimate of drug-likeness (QED) is 0.393. The molecule has 0 aliphatic carbocycles. The second kappa shape index (κ2) is 9.91. The third kappa shape index (κ3) is 4.23. The molecule has 4 N–H and O–H groups in total. The number of aliphatic carboxylic acids is 1. The number of nitrogens with zero attached hydrogens (tertiary/aromatic N) is 4. The number of benzene rings is 1. The highest BCUT2D eigenvalue weighted by molar-refractivity contribution is 7.17. The van der Waals surface area contributed by atoms with Crippen LogP contribution in [0, 0.1) is 11.3 Å². The van der Waals surface area contributed by atoms with Crippen LogP contribution in [0.2, 0.25) is 0 Å². The zero-order valence-corrected chi connectivity index (χ0v) is 21.5. The molecule has 10 nitrogen and oxygen atoms in total. The van der Waals surface area contributed by atoms with Crippen LogP contribution in [-0.2, 0) is 10.3 Å². The van der Waals surface area contributed by atoms with Crippen molar-refractivity contribution >= 4 is 39.8 Å². The highest BCUT2D eigenvalue weighted by atomic mass is 32.1. The van der Waals surface area contributed by atoms with Crippen molar-refractivity contribution in [2.24, 2.45) is 16.4 Å². The fraction of sp³-hybridized carbons (Fsp3) is 0.346. The zero-order valence-electron chi connectivity index (χ0n) is 20.6. The van der Waals surface area contributed by atoms with Crippen molar-refractivity contribution in [3.63, 3.8) is 0 Å². The van der Waals surface area contributed by atoms with Crippen LogP contribution in [0.1, 0.15) is 25.8 Å². The predicted molar refractivity (Wildman–Crippen MR) is 143 cm³/mol. The lowest BCUT2D eigenvalue weighted by molar-refractivity contribution is -0.159. The molecule has 1 saturated heterocycles. The number of pyridine rings is 1. The van der Waals surface area contributed by atoms with Gasteiger partial charge in [0.15, 0.2) is 0 Å². The molecule has 1 aromatic carbocycles. The van der Waals surface area contributed by atoms with Gasteiger partial charge in [-0.1, -0.05) is 6.07 Å². The molecule has 0 bridgehead atoms. The van der Waals surface area contributed by atoms with Crippen molar-refractivity contribution < 1.29 is 14.7 Å². The molecule has 0 saturated carbocycles. The Morgan fingerprint density at radius 2 is 2.16 bits per heavy atom. The topological polar surface area (TPSA) is 132 Å². The van der Waals surface area contributed by atoms with E-state index < -0.39 is 28.9 Å². The summed E-state index contributed by atoms with van der Waals surface area (Å²) in [7, 11) is 0. The predicted octanol–water partition coefficient (Wildman–Crippen LogP) is 3.35. The number of carboxylic acid groups (broad SMARTS) is 1. The Kier molecular flexibility index (Phi) is 6.65. The summed E-state index contributed by atoms with van der Waals surface area (Å²) in [5.41, 5.74) is 5.61. The van der Waals surface area contributed by atoms with E-state index in [0.29, 0.717) is 26.1 Å². The van der Waals surface area contributed by atoms with Gasteiger partial charge >= 0.3 is 12.0 Å². The number of hydrazine groups is 1. The molecule has 2 aliphatic rings. The normalized spacial score (nSPS) is 25.2. The van der Waals surface area contributed by atoms with E-state index in [2.05, 4.69) is 31.1 Å². The Morgan fingerprint density at radius 3 is 2.92 bits per heavy atom. The minimum atomic E-state index is -1.14. The van der Waals surface area contributed by atoms with Gasteiger partial charge in [0.05, 0.1) is 26.8 Å². The molecule has 3 atom stereocenters. The minimum absolute atomic E-state index is 0.407. The summed E-state index contributed by atoms with van der Waals surface area (Å²) in [6, 6.07) is 9.29. The molecule has 2 amide bonds. The summed E-state index contributed by atoms with van der Waals surface area (Å²) < 4.78 is 0.979. The van der Waals surface area contributed by atoms with E-state index >= 15 is 0 Å². The Labute approximate surface area is 218 Å². The highest BCUT2D eigenvalue weighted by Gasteiger charge is 2.57. The van der Waals surface area contributed by atoms with Gasteiger partial charge in [-0.2, -0.15) is 10.2 Å². The summed E-state index contributed by atoms with van der Waals surface area (Å²) >= 11 is 1.52. The second-order valence-electron chi connectivity index (χ2n) is 9.40. The lowest BCUT2D eigenvalue weighted by Crippen LogP contribution is -2.65. The van der Waals surface area contributed by atoms with Crippen molar-refractivity contribution in [3.05, 3.63) is 59.8 Å². The molecule has 0 spiro atoms. The number of hydrogen-bond donors (Lipinski definition) is 4. The number of nitrogens with one attached hydrogen (secondary N) is 3. The fourth-order valence-corrected chi connectivity index (χ4v) is 6.16. The van der Waals surface area contributed by atoms with E-state index in [0.717, 1.165) is 27.0 Å². The largest absolute Gasteiger partial charge is 0.481 e. The molecule has 3 unspecified atom stereocenters. The SMILES string of the molecule is CCNC(=O)NN1N=CC=CC1(c1cc(-c2ccccn2)c2scnc2c1)C1CNCCC1(C)C(=O)O. The standard InChI is InChI=1S/C26H29N7O3S/c1-3-28-24(36)32-33-26(8-6-11-31-33,21-15-27-12-9-25(21,2)23(34)35)17-13-18(19-7-4-5-10-29-19)22-20(14-17)30-16-37-22/h4-8,10-11,13-14,16,21,27H,3,9,12,15H2,1-2H3,(H,34,35)(H2,28,32,36). The van der Waals surface area contributed by atoms with Gasteiger partial charge in [-0.05, 0) is 68.8 Å². The number of amides is 2. The van der Waals surface area contributed by atoms with E-state index in [4.69, 9.17) is 0 Å². The van der Waals surface area contributed by atoms with Gasteiger partial charge in [-0.3, -0.25) is 9.78 Å². The minimum Gasteiger partial charge on any atom is -0.481 e. The maximum absolute atomic E-state index is 12.8. The number of carboxylic acids is 1. The van der Waals surface area contributed by atoms with Gasteiger partial charge < -0.3 is 15.7 Å². The molecule has 192 valence electrons. The monoisotopic (exact) mass is 519 g/mol. The maximum atomic E-state index is 12.8. The molecule has 1 fully saturated rings. The van der Waals surface area contributed by atoms with E-state index in [1.807, 2.05) is 43.3 Å². The summed E-state index contributed by atoms with van der Waals surface area (Å²) in [5, 5.41) is 22.6. The van der Waals surface area contributed by atoms with Crippen molar-refractivity contribution in [1.29, 1.82) is 0 Å². The number of urea groups is 1. The van der Waals surface area contributed by atoms with Crippen LogP contribution in [0.4, 0.5) is 4.79 Å². The van der Waals surface area contributed by atoms with E-state index in [-0.39, 0.29) is 0 Å². The van der Waals surface area contributed by atoms with Crippen LogP contribution in [-0.4, -0.2) is 58.0 Å². The molecular formula is C26H29N7O3S. The number of allylic oxidation sites excluding steroid dienone is 1. The van der Waals surface area contributed by atoms with Gasteiger partial charge in [0, 0.05) is 37.0 Å². The average Bonchev–Trinajstić information content (AvgIpc) is 3.38. The van der Waals surface area contributed by atoms with Crippen LogP contribution < -0.4 is 16.1 Å². The van der Waals surface area contributed by atoms with Crippen LogP contribution in [0.15, 0.2) is 59.3 Å². The van der Waals surface area contributed by atoms with Gasteiger partial charge in [0.25, 0.3) is 0 Å². The first-order valence-electron chi connectivity index (χ1n) is 12.2. The Hall–Kier alpha value is -3.83. The lowest BCUT2D eigenvalue weighted by atomic mass is 9.61. The number of hydrazone groups is 1. The number of aromatic nitrogens is 2. The lowest BCUT2D eigenvalue weighted by Gasteiger charge is -2.53. The third-order valence-corrected chi connectivity index (χ3v) is 8.18. The molecule has 4 heterocycles. The fourth-order valence-electron chi connectivity index (χ4n) is 5.37. The van der Waals surface area contributed by atoms with Crippen LogP contribution in [0.3, 0.4) is 0 Å². The molecule has 2 aromatic heterocycles. The highest BCUT2D eigenvalue weighted by Crippen LogP contribution is 2.51. The Morgan fingerprint density at radius 1 is 1.30 bits per heavy atom. The van der Waals surface area contributed by atoms with Gasteiger partial charge in [-0.15, -0.1) is 11.3 Å². The maximum Gasteiger partial charge on any atom is 0.334 e. The van der Waals surface area contributed by atoms with Crippen molar-refractivity contribution in [2.45, 2.75) is 25.8 Å². The van der Waals surface area contributed by atoms with Crippen molar-refractivity contribution in [1.82, 2.24) is 31.1 Å².